The fraction of sp³-hybridized carbons (Fsp3) is 0.250. The van der Waals surface area contributed by atoms with Crippen LogP contribution in [0, 0.1) is 5.92 Å². The van der Waals surface area contributed by atoms with Gasteiger partial charge in [-0.25, -0.2) is 0 Å². The van der Waals surface area contributed by atoms with E-state index in [2.05, 4.69) is 76.1 Å². The Morgan fingerprint density at radius 3 is 2.38 bits per heavy atom. The standard InChI is InChI=1S/C24H30/c1-7-9-11-19(3)20(4)13-14-22(6)24-17-15-23(16-18-24)21(5)12-10-8-2/h7-15,17,22H,1,3-4,16,18H2,2,5-6H3. The van der Waals surface area contributed by atoms with Crippen LogP contribution in [0.3, 0.4) is 0 Å². The summed E-state index contributed by atoms with van der Waals surface area (Å²) in [6.07, 6.45) is 22.9. The van der Waals surface area contributed by atoms with Crippen molar-refractivity contribution in [1.29, 1.82) is 0 Å². The van der Waals surface area contributed by atoms with Gasteiger partial charge in [-0.1, -0.05) is 93.0 Å². The molecule has 0 heteroatoms. The highest BCUT2D eigenvalue weighted by Crippen LogP contribution is 2.28. The summed E-state index contributed by atoms with van der Waals surface area (Å²) in [6.45, 7) is 18.2. The molecule has 0 nitrogen and oxygen atoms in total. The Morgan fingerprint density at radius 2 is 1.79 bits per heavy atom. The molecule has 24 heavy (non-hydrogen) atoms. The maximum Gasteiger partial charge on any atom is -0.00451 e. The molecule has 0 aromatic rings. The number of rotatable bonds is 8. The predicted octanol–water partition coefficient (Wildman–Crippen LogP) is 7.20. The van der Waals surface area contributed by atoms with Crippen LogP contribution in [0.25, 0.3) is 0 Å². The van der Waals surface area contributed by atoms with Crippen LogP contribution in [0.4, 0.5) is 0 Å². The van der Waals surface area contributed by atoms with Gasteiger partial charge in [-0.3, -0.25) is 0 Å². The molecule has 1 unspecified atom stereocenters. The normalized spacial score (nSPS) is 17.2. The lowest BCUT2D eigenvalue weighted by Gasteiger charge is -2.18. The van der Waals surface area contributed by atoms with Crippen LogP contribution in [-0.2, 0) is 0 Å². The lowest BCUT2D eigenvalue weighted by molar-refractivity contribution is 0.761. The van der Waals surface area contributed by atoms with E-state index in [9.17, 15) is 0 Å². The van der Waals surface area contributed by atoms with E-state index >= 15 is 0 Å². The molecule has 0 spiro atoms. The summed E-state index contributed by atoms with van der Waals surface area (Å²) >= 11 is 0. The lowest BCUT2D eigenvalue weighted by Crippen LogP contribution is -2.01. The maximum atomic E-state index is 4.07. The number of hydrogen-bond donors (Lipinski definition) is 0. The Hall–Kier alpha value is -2.34. The second-order valence-electron chi connectivity index (χ2n) is 6.10. The van der Waals surface area contributed by atoms with Crippen LogP contribution in [0.15, 0.2) is 108 Å². The minimum Gasteiger partial charge on any atom is -0.0991 e. The van der Waals surface area contributed by atoms with Gasteiger partial charge in [-0.2, -0.15) is 0 Å². The zero-order valence-electron chi connectivity index (χ0n) is 15.4. The lowest BCUT2D eigenvalue weighted by atomic mass is 9.87. The first kappa shape index (κ1) is 19.7. The van der Waals surface area contributed by atoms with Crippen molar-refractivity contribution < 1.29 is 0 Å². The van der Waals surface area contributed by atoms with Gasteiger partial charge in [0.15, 0.2) is 0 Å². The topological polar surface area (TPSA) is 0 Å². The molecule has 1 atom stereocenters. The molecule has 1 rings (SSSR count). The second-order valence-corrected chi connectivity index (χ2v) is 6.10. The zero-order valence-corrected chi connectivity index (χ0v) is 15.4. The summed E-state index contributed by atoms with van der Waals surface area (Å²) in [7, 11) is 0. The first-order valence-electron chi connectivity index (χ1n) is 8.54. The largest absolute Gasteiger partial charge is 0.0991 e. The SMILES string of the molecule is C=CC=CC(=C)C(=C)C=CC(C)C1=CC=C(C(C)=CC=CC)CC1. The molecule has 0 heterocycles. The molecule has 1 aliphatic rings. The van der Waals surface area contributed by atoms with E-state index in [0.717, 1.165) is 24.0 Å². The molecule has 0 saturated carbocycles. The predicted molar refractivity (Wildman–Crippen MR) is 110 cm³/mol. The molecule has 1 aliphatic carbocycles. The second kappa shape index (κ2) is 10.4. The molecule has 0 amide bonds. The van der Waals surface area contributed by atoms with Crippen LogP contribution in [-0.4, -0.2) is 0 Å². The highest BCUT2D eigenvalue weighted by atomic mass is 14.2. The molecule has 126 valence electrons. The smallest absolute Gasteiger partial charge is 0.00451 e. The molecule has 0 aromatic carbocycles. The van der Waals surface area contributed by atoms with Crippen molar-refractivity contribution in [3.63, 3.8) is 0 Å². The van der Waals surface area contributed by atoms with Crippen LogP contribution in [0.1, 0.15) is 33.6 Å². The van der Waals surface area contributed by atoms with Gasteiger partial charge in [0, 0.05) is 0 Å². The minimum atomic E-state index is 0.413. The van der Waals surface area contributed by atoms with Gasteiger partial charge in [0.2, 0.25) is 0 Å². The van der Waals surface area contributed by atoms with Crippen molar-refractivity contribution >= 4 is 0 Å². The van der Waals surface area contributed by atoms with E-state index in [-0.39, 0.29) is 0 Å². The van der Waals surface area contributed by atoms with E-state index < -0.39 is 0 Å². The summed E-state index contributed by atoms with van der Waals surface area (Å²) in [6, 6.07) is 0. The van der Waals surface area contributed by atoms with Crippen molar-refractivity contribution in [2.24, 2.45) is 5.92 Å². The van der Waals surface area contributed by atoms with Crippen molar-refractivity contribution in [2.45, 2.75) is 33.6 Å². The molecular weight excluding hydrogens is 288 g/mol. The summed E-state index contributed by atoms with van der Waals surface area (Å²) in [5, 5.41) is 0. The molecular formula is C24H30. The van der Waals surface area contributed by atoms with Crippen molar-refractivity contribution in [3.8, 4) is 0 Å². The highest BCUT2D eigenvalue weighted by molar-refractivity contribution is 5.44. The van der Waals surface area contributed by atoms with E-state index in [1.54, 1.807) is 6.08 Å². The molecule has 0 aromatic heterocycles. The number of allylic oxidation sites excluding steroid dienone is 15. The molecule has 0 saturated heterocycles. The van der Waals surface area contributed by atoms with Crippen LogP contribution in [0.2, 0.25) is 0 Å². The van der Waals surface area contributed by atoms with E-state index in [1.807, 2.05) is 19.1 Å². The van der Waals surface area contributed by atoms with Gasteiger partial charge < -0.3 is 0 Å². The van der Waals surface area contributed by atoms with E-state index in [1.165, 1.54) is 16.7 Å². The van der Waals surface area contributed by atoms with Gasteiger partial charge >= 0.3 is 0 Å². The Morgan fingerprint density at radius 1 is 1.08 bits per heavy atom. The average molecular weight is 319 g/mol. The maximum absolute atomic E-state index is 4.07. The first-order valence-corrected chi connectivity index (χ1v) is 8.54. The summed E-state index contributed by atoms with van der Waals surface area (Å²) in [4.78, 5) is 0. The fourth-order valence-electron chi connectivity index (χ4n) is 2.49. The molecule has 0 aliphatic heterocycles. The number of hydrogen-bond acceptors (Lipinski definition) is 0. The Kier molecular flexibility index (Phi) is 8.57. The third-order valence-corrected chi connectivity index (χ3v) is 4.24. The van der Waals surface area contributed by atoms with Crippen molar-refractivity contribution in [1.82, 2.24) is 0 Å². The average Bonchev–Trinajstić information content (AvgIpc) is 2.61. The molecule has 0 fully saturated rings. The van der Waals surface area contributed by atoms with Gasteiger partial charge in [0.1, 0.15) is 0 Å². The molecule has 0 bridgehead atoms. The van der Waals surface area contributed by atoms with E-state index in [4.69, 9.17) is 0 Å². The van der Waals surface area contributed by atoms with Crippen molar-refractivity contribution in [2.75, 3.05) is 0 Å². The fourth-order valence-corrected chi connectivity index (χ4v) is 2.49. The Balaban J connectivity index is 2.73. The van der Waals surface area contributed by atoms with Crippen LogP contribution < -0.4 is 0 Å². The van der Waals surface area contributed by atoms with E-state index in [0.29, 0.717) is 5.92 Å². The third-order valence-electron chi connectivity index (χ3n) is 4.24. The quantitative estimate of drug-likeness (QED) is 0.415. The van der Waals surface area contributed by atoms with Crippen molar-refractivity contribution in [3.05, 3.63) is 108 Å². The molecule has 0 radical (unpaired) electrons. The minimum absolute atomic E-state index is 0.413. The molecule has 0 N–H and O–H groups in total. The van der Waals surface area contributed by atoms with Gasteiger partial charge in [0.05, 0.1) is 0 Å². The van der Waals surface area contributed by atoms with Gasteiger partial charge in [-0.05, 0) is 54.9 Å². The van der Waals surface area contributed by atoms with Crippen LogP contribution >= 0.6 is 0 Å². The zero-order chi connectivity index (χ0) is 17.9. The summed E-state index contributed by atoms with van der Waals surface area (Å²) in [5.74, 6) is 0.413. The third kappa shape index (κ3) is 6.42. The Bertz CT molecular complexity index is 654. The van der Waals surface area contributed by atoms with Gasteiger partial charge in [-0.15, -0.1) is 0 Å². The first-order chi connectivity index (χ1) is 11.5. The van der Waals surface area contributed by atoms with Crippen LogP contribution in [0.5, 0.6) is 0 Å². The van der Waals surface area contributed by atoms with Gasteiger partial charge in [0.25, 0.3) is 0 Å². The monoisotopic (exact) mass is 318 g/mol. The Labute approximate surface area is 148 Å². The summed E-state index contributed by atoms with van der Waals surface area (Å²) in [5.41, 5.74) is 6.11. The highest BCUT2D eigenvalue weighted by Gasteiger charge is 2.11. The summed E-state index contributed by atoms with van der Waals surface area (Å²) < 4.78 is 0.